The Morgan fingerprint density at radius 3 is 2.63 bits per heavy atom. The number of hydrogen-bond acceptors (Lipinski definition) is 2. The van der Waals surface area contributed by atoms with Gasteiger partial charge in [-0.15, -0.1) is 0 Å². The van der Waals surface area contributed by atoms with Gasteiger partial charge in [0.05, 0.1) is 13.0 Å². The molecule has 0 bridgehead atoms. The van der Waals surface area contributed by atoms with Crippen LogP contribution in [0.3, 0.4) is 0 Å². The van der Waals surface area contributed by atoms with Crippen molar-refractivity contribution in [2.75, 3.05) is 5.32 Å². The highest BCUT2D eigenvalue weighted by atomic mass is 28.4. The maximum Gasteiger partial charge on any atom is 0.228 e. The van der Waals surface area contributed by atoms with Crippen LogP contribution in [0.2, 0.25) is 18.1 Å². The van der Waals surface area contributed by atoms with Crippen molar-refractivity contribution in [3.05, 3.63) is 29.3 Å². The standard InChI is InChI=1S/C15H23NO2Si/c1-15(2,3)19(4,5)18-10-11-7-6-8-13-12(11)9-14(17)16-13/h6-8H,9-10H2,1-5H3,(H,16,17). The van der Waals surface area contributed by atoms with Gasteiger partial charge in [0.15, 0.2) is 8.32 Å². The smallest absolute Gasteiger partial charge is 0.228 e. The van der Waals surface area contributed by atoms with Crippen LogP contribution in [-0.4, -0.2) is 14.2 Å². The van der Waals surface area contributed by atoms with Gasteiger partial charge in [0.2, 0.25) is 5.91 Å². The molecule has 0 radical (unpaired) electrons. The zero-order valence-corrected chi connectivity index (χ0v) is 13.5. The van der Waals surface area contributed by atoms with E-state index in [1.807, 2.05) is 12.1 Å². The molecule has 0 saturated carbocycles. The number of carbonyl (C=O) groups is 1. The molecule has 1 amide bonds. The minimum absolute atomic E-state index is 0.0785. The number of fused-ring (bicyclic) bond motifs is 1. The zero-order chi connectivity index (χ0) is 14.3. The summed E-state index contributed by atoms with van der Waals surface area (Å²) in [6.07, 6.45) is 0.479. The Kier molecular flexibility index (Phi) is 3.58. The van der Waals surface area contributed by atoms with Gasteiger partial charge in [0.1, 0.15) is 0 Å². The molecule has 1 aromatic rings. The molecule has 0 saturated heterocycles. The highest BCUT2D eigenvalue weighted by Gasteiger charge is 2.37. The average molecular weight is 277 g/mol. The molecule has 1 aromatic carbocycles. The van der Waals surface area contributed by atoms with Crippen LogP contribution in [0, 0.1) is 0 Å². The predicted molar refractivity (Wildman–Crippen MR) is 80.8 cm³/mol. The van der Waals surface area contributed by atoms with Gasteiger partial charge in [0, 0.05) is 5.69 Å². The molecule has 1 aliphatic rings. The van der Waals surface area contributed by atoms with E-state index in [0.717, 1.165) is 16.8 Å². The number of benzene rings is 1. The average Bonchev–Trinajstić information content (AvgIpc) is 2.65. The third kappa shape index (κ3) is 2.90. The monoisotopic (exact) mass is 277 g/mol. The van der Waals surface area contributed by atoms with Crippen LogP contribution in [0.1, 0.15) is 31.9 Å². The Labute approximate surface area is 116 Å². The van der Waals surface area contributed by atoms with Crippen molar-refractivity contribution in [2.24, 2.45) is 0 Å². The molecule has 1 N–H and O–H groups in total. The van der Waals surface area contributed by atoms with E-state index < -0.39 is 8.32 Å². The topological polar surface area (TPSA) is 38.3 Å². The number of nitrogens with one attached hydrogen (secondary N) is 1. The molecule has 0 spiro atoms. The first kappa shape index (κ1) is 14.3. The van der Waals surface area contributed by atoms with E-state index in [9.17, 15) is 4.79 Å². The van der Waals surface area contributed by atoms with Crippen molar-refractivity contribution in [3.8, 4) is 0 Å². The summed E-state index contributed by atoms with van der Waals surface area (Å²) in [7, 11) is -1.74. The first-order chi connectivity index (χ1) is 8.71. The Hall–Kier alpha value is -1.13. The van der Waals surface area contributed by atoms with Crippen LogP contribution in [0.25, 0.3) is 0 Å². The fraction of sp³-hybridized carbons (Fsp3) is 0.533. The molecule has 0 atom stereocenters. The van der Waals surface area contributed by atoms with Crippen molar-refractivity contribution < 1.29 is 9.22 Å². The lowest BCUT2D eigenvalue weighted by molar-refractivity contribution is -0.115. The largest absolute Gasteiger partial charge is 0.413 e. The molecule has 0 aliphatic carbocycles. The first-order valence-corrected chi connectivity index (χ1v) is 9.66. The van der Waals surface area contributed by atoms with E-state index in [-0.39, 0.29) is 10.9 Å². The van der Waals surface area contributed by atoms with E-state index in [4.69, 9.17) is 4.43 Å². The van der Waals surface area contributed by atoms with Crippen LogP contribution >= 0.6 is 0 Å². The normalized spacial score (nSPS) is 15.3. The highest BCUT2D eigenvalue weighted by Crippen LogP contribution is 2.37. The van der Waals surface area contributed by atoms with Crippen molar-refractivity contribution >= 4 is 19.9 Å². The van der Waals surface area contributed by atoms with Crippen molar-refractivity contribution in [1.29, 1.82) is 0 Å². The molecular formula is C15H23NO2Si. The van der Waals surface area contributed by atoms with Gasteiger partial charge in [-0.3, -0.25) is 4.79 Å². The van der Waals surface area contributed by atoms with E-state index in [0.29, 0.717) is 13.0 Å². The molecule has 2 rings (SSSR count). The number of amides is 1. The summed E-state index contributed by atoms with van der Waals surface area (Å²) in [5.74, 6) is 0.0785. The van der Waals surface area contributed by atoms with Gasteiger partial charge < -0.3 is 9.74 Å². The van der Waals surface area contributed by atoms with E-state index in [2.05, 4.69) is 45.2 Å². The van der Waals surface area contributed by atoms with E-state index in [1.165, 1.54) is 0 Å². The quantitative estimate of drug-likeness (QED) is 0.855. The maximum atomic E-state index is 11.5. The van der Waals surface area contributed by atoms with E-state index >= 15 is 0 Å². The van der Waals surface area contributed by atoms with Crippen LogP contribution in [-0.2, 0) is 22.2 Å². The summed E-state index contributed by atoms with van der Waals surface area (Å²) in [5.41, 5.74) is 3.19. The van der Waals surface area contributed by atoms with E-state index in [1.54, 1.807) is 0 Å². The molecule has 1 heterocycles. The van der Waals surface area contributed by atoms with Crippen molar-refractivity contribution in [3.63, 3.8) is 0 Å². The fourth-order valence-electron chi connectivity index (χ4n) is 1.93. The lowest BCUT2D eigenvalue weighted by Crippen LogP contribution is -2.40. The predicted octanol–water partition coefficient (Wildman–Crippen LogP) is 3.70. The third-order valence-electron chi connectivity index (χ3n) is 4.28. The van der Waals surface area contributed by atoms with Gasteiger partial charge >= 0.3 is 0 Å². The van der Waals surface area contributed by atoms with Gasteiger partial charge in [-0.25, -0.2) is 0 Å². The second-order valence-electron chi connectivity index (χ2n) is 6.72. The molecule has 3 nitrogen and oxygen atoms in total. The molecule has 0 fully saturated rings. The lowest BCUT2D eigenvalue weighted by atomic mass is 10.1. The molecule has 104 valence electrons. The lowest BCUT2D eigenvalue weighted by Gasteiger charge is -2.36. The molecule has 4 heteroatoms. The van der Waals surface area contributed by atoms with Gasteiger partial charge in [-0.05, 0) is 35.3 Å². The summed E-state index contributed by atoms with van der Waals surface area (Å²) in [5, 5.41) is 3.09. The number of rotatable bonds is 3. The summed E-state index contributed by atoms with van der Waals surface area (Å²) < 4.78 is 6.24. The van der Waals surface area contributed by atoms with Crippen LogP contribution in [0.4, 0.5) is 5.69 Å². The summed E-state index contributed by atoms with van der Waals surface area (Å²) in [6.45, 7) is 11.8. The first-order valence-electron chi connectivity index (χ1n) is 6.75. The Morgan fingerprint density at radius 2 is 2.00 bits per heavy atom. The molecule has 1 aliphatic heterocycles. The number of anilines is 1. The molecular weight excluding hydrogens is 254 g/mol. The Balaban J connectivity index is 2.14. The molecule has 19 heavy (non-hydrogen) atoms. The van der Waals surface area contributed by atoms with Crippen molar-refractivity contribution in [1.82, 2.24) is 0 Å². The van der Waals surface area contributed by atoms with Gasteiger partial charge in [0.25, 0.3) is 0 Å². The SMILES string of the molecule is CC(C)(C)[Si](C)(C)OCc1cccc2c1CC(=O)N2. The Morgan fingerprint density at radius 1 is 1.32 bits per heavy atom. The maximum absolute atomic E-state index is 11.5. The second kappa shape index (κ2) is 4.76. The van der Waals surface area contributed by atoms with Crippen LogP contribution in [0.5, 0.6) is 0 Å². The number of carbonyl (C=O) groups excluding carboxylic acids is 1. The van der Waals surface area contributed by atoms with Gasteiger partial charge in [-0.2, -0.15) is 0 Å². The Bertz CT molecular complexity index is 503. The molecule has 0 unspecified atom stereocenters. The fourth-order valence-corrected chi connectivity index (χ4v) is 2.87. The zero-order valence-electron chi connectivity index (χ0n) is 12.5. The second-order valence-corrected chi connectivity index (χ2v) is 11.5. The highest BCUT2D eigenvalue weighted by molar-refractivity contribution is 6.74. The summed E-state index contributed by atoms with van der Waals surface area (Å²) in [4.78, 5) is 11.5. The summed E-state index contributed by atoms with van der Waals surface area (Å²) >= 11 is 0. The van der Waals surface area contributed by atoms with Crippen molar-refractivity contribution in [2.45, 2.75) is 51.9 Å². The summed E-state index contributed by atoms with van der Waals surface area (Å²) in [6, 6.07) is 6.00. The molecule has 0 aromatic heterocycles. The number of hydrogen-bond donors (Lipinski definition) is 1. The van der Waals surface area contributed by atoms with Crippen LogP contribution in [0.15, 0.2) is 18.2 Å². The third-order valence-corrected chi connectivity index (χ3v) is 8.76. The van der Waals surface area contributed by atoms with Crippen LogP contribution < -0.4 is 5.32 Å². The minimum Gasteiger partial charge on any atom is -0.413 e. The minimum atomic E-state index is -1.74. The van der Waals surface area contributed by atoms with Gasteiger partial charge in [-0.1, -0.05) is 32.9 Å².